The first-order valence-corrected chi connectivity index (χ1v) is 8.22. The van der Waals surface area contributed by atoms with Gasteiger partial charge in [0.15, 0.2) is 5.78 Å². The fourth-order valence-corrected chi connectivity index (χ4v) is 2.43. The standard InChI is InChI=1S/C20H21ClO2/c1-2-18(22)12-13-20(23)19(16-6-4-3-5-7-16)14-15-8-10-17(21)11-9-15/h3-11,14,18,22H,2,12-13H2,1H3/b19-14+. The van der Waals surface area contributed by atoms with Gasteiger partial charge in [-0.05, 0) is 42.2 Å². The Labute approximate surface area is 142 Å². The van der Waals surface area contributed by atoms with Crippen LogP contribution in [-0.2, 0) is 4.79 Å². The van der Waals surface area contributed by atoms with Crippen molar-refractivity contribution in [2.24, 2.45) is 0 Å². The van der Waals surface area contributed by atoms with Crippen molar-refractivity contribution in [2.75, 3.05) is 0 Å². The Morgan fingerprint density at radius 3 is 2.39 bits per heavy atom. The molecule has 23 heavy (non-hydrogen) atoms. The van der Waals surface area contributed by atoms with Gasteiger partial charge in [0.1, 0.15) is 0 Å². The number of hydrogen-bond acceptors (Lipinski definition) is 2. The van der Waals surface area contributed by atoms with E-state index in [0.717, 1.165) is 11.1 Å². The summed E-state index contributed by atoms with van der Waals surface area (Å²) in [5, 5.41) is 10.4. The van der Waals surface area contributed by atoms with Crippen LogP contribution < -0.4 is 0 Å². The van der Waals surface area contributed by atoms with Crippen LogP contribution in [0.3, 0.4) is 0 Å². The summed E-state index contributed by atoms with van der Waals surface area (Å²) in [6.45, 7) is 1.91. The Morgan fingerprint density at radius 1 is 1.13 bits per heavy atom. The van der Waals surface area contributed by atoms with Gasteiger partial charge in [-0.15, -0.1) is 0 Å². The molecule has 3 heteroatoms. The molecule has 0 bridgehead atoms. The topological polar surface area (TPSA) is 37.3 Å². The second-order valence-electron chi connectivity index (χ2n) is 5.50. The Kier molecular flexibility index (Phi) is 6.57. The molecule has 2 aromatic carbocycles. The van der Waals surface area contributed by atoms with Gasteiger partial charge < -0.3 is 5.11 Å². The monoisotopic (exact) mass is 328 g/mol. The zero-order chi connectivity index (χ0) is 16.7. The first-order valence-electron chi connectivity index (χ1n) is 7.84. The summed E-state index contributed by atoms with van der Waals surface area (Å²) in [6.07, 6.45) is 2.94. The molecule has 1 N–H and O–H groups in total. The largest absolute Gasteiger partial charge is 0.393 e. The Morgan fingerprint density at radius 2 is 1.78 bits per heavy atom. The van der Waals surface area contributed by atoms with E-state index in [1.54, 1.807) is 12.1 Å². The third-order valence-electron chi connectivity index (χ3n) is 3.74. The highest BCUT2D eigenvalue weighted by Gasteiger charge is 2.13. The van der Waals surface area contributed by atoms with Crippen LogP contribution in [0.15, 0.2) is 54.6 Å². The molecule has 0 heterocycles. The van der Waals surface area contributed by atoms with E-state index in [9.17, 15) is 9.90 Å². The zero-order valence-corrected chi connectivity index (χ0v) is 14.0. The minimum Gasteiger partial charge on any atom is -0.393 e. The van der Waals surface area contributed by atoms with Crippen molar-refractivity contribution < 1.29 is 9.90 Å². The number of aliphatic hydroxyl groups excluding tert-OH is 1. The Hall–Kier alpha value is -1.90. The van der Waals surface area contributed by atoms with Crippen molar-refractivity contribution >= 4 is 29.0 Å². The smallest absolute Gasteiger partial charge is 0.163 e. The van der Waals surface area contributed by atoms with Crippen molar-refractivity contribution in [3.05, 3.63) is 70.7 Å². The van der Waals surface area contributed by atoms with Crippen molar-refractivity contribution in [3.63, 3.8) is 0 Å². The van der Waals surface area contributed by atoms with Gasteiger partial charge in [-0.3, -0.25) is 4.79 Å². The minimum absolute atomic E-state index is 0.0404. The summed E-state index contributed by atoms with van der Waals surface area (Å²) in [6, 6.07) is 17.0. The molecule has 1 atom stereocenters. The van der Waals surface area contributed by atoms with E-state index in [-0.39, 0.29) is 5.78 Å². The van der Waals surface area contributed by atoms with Gasteiger partial charge in [-0.2, -0.15) is 0 Å². The van der Waals surface area contributed by atoms with E-state index in [2.05, 4.69) is 0 Å². The molecule has 0 aliphatic carbocycles. The molecule has 0 aliphatic rings. The summed E-state index contributed by atoms with van der Waals surface area (Å²) < 4.78 is 0. The number of carbonyl (C=O) groups excluding carboxylic acids is 1. The lowest BCUT2D eigenvalue weighted by Crippen LogP contribution is -2.09. The van der Waals surface area contributed by atoms with Crippen molar-refractivity contribution in [3.8, 4) is 0 Å². The van der Waals surface area contributed by atoms with E-state index >= 15 is 0 Å². The summed E-state index contributed by atoms with van der Waals surface area (Å²) in [7, 11) is 0. The minimum atomic E-state index is -0.425. The maximum atomic E-state index is 12.6. The van der Waals surface area contributed by atoms with Gasteiger partial charge in [-0.1, -0.05) is 61.0 Å². The maximum Gasteiger partial charge on any atom is 0.163 e. The van der Waals surface area contributed by atoms with Gasteiger partial charge in [-0.25, -0.2) is 0 Å². The lowest BCUT2D eigenvalue weighted by atomic mass is 9.95. The number of benzene rings is 2. The van der Waals surface area contributed by atoms with Gasteiger partial charge in [0.25, 0.3) is 0 Å². The van der Waals surface area contributed by atoms with Gasteiger partial charge >= 0.3 is 0 Å². The van der Waals surface area contributed by atoms with Gasteiger partial charge in [0.2, 0.25) is 0 Å². The maximum absolute atomic E-state index is 12.6. The quantitative estimate of drug-likeness (QED) is 0.573. The summed E-state index contributed by atoms with van der Waals surface area (Å²) in [5.41, 5.74) is 2.48. The lowest BCUT2D eigenvalue weighted by Gasteiger charge is -2.10. The first-order chi connectivity index (χ1) is 11.1. The van der Waals surface area contributed by atoms with E-state index in [1.807, 2.05) is 55.5 Å². The molecule has 0 fully saturated rings. The van der Waals surface area contributed by atoms with Crippen LogP contribution in [-0.4, -0.2) is 17.0 Å². The summed E-state index contributed by atoms with van der Waals surface area (Å²) >= 11 is 5.91. The number of hydrogen-bond donors (Lipinski definition) is 1. The van der Waals surface area contributed by atoms with Crippen LogP contribution in [0.4, 0.5) is 0 Å². The highest BCUT2D eigenvalue weighted by atomic mass is 35.5. The van der Waals surface area contributed by atoms with Crippen molar-refractivity contribution in [1.82, 2.24) is 0 Å². The van der Waals surface area contributed by atoms with Gasteiger partial charge in [0, 0.05) is 17.0 Å². The van der Waals surface area contributed by atoms with Crippen LogP contribution in [0.25, 0.3) is 11.6 Å². The highest BCUT2D eigenvalue weighted by Crippen LogP contribution is 2.22. The third kappa shape index (κ3) is 5.34. The second kappa shape index (κ2) is 8.66. The molecule has 2 nitrogen and oxygen atoms in total. The van der Waals surface area contributed by atoms with E-state index in [4.69, 9.17) is 11.6 Å². The first kappa shape index (κ1) is 17.5. The van der Waals surface area contributed by atoms with E-state index in [0.29, 0.717) is 29.9 Å². The Bertz CT molecular complexity index is 660. The molecular weight excluding hydrogens is 308 g/mol. The Balaban J connectivity index is 2.28. The van der Waals surface area contributed by atoms with Crippen LogP contribution >= 0.6 is 11.6 Å². The molecule has 2 rings (SSSR count). The number of carbonyl (C=O) groups is 1. The molecule has 120 valence electrons. The van der Waals surface area contributed by atoms with Crippen LogP contribution in [0.5, 0.6) is 0 Å². The summed E-state index contributed by atoms with van der Waals surface area (Å²) in [4.78, 5) is 12.6. The molecule has 2 aromatic rings. The van der Waals surface area contributed by atoms with E-state index in [1.165, 1.54) is 0 Å². The lowest BCUT2D eigenvalue weighted by molar-refractivity contribution is -0.114. The number of Topliss-reactive ketones (excluding diaryl/α,β-unsaturated/α-hetero) is 1. The number of halogens is 1. The second-order valence-corrected chi connectivity index (χ2v) is 5.94. The molecule has 0 spiro atoms. The molecule has 0 amide bonds. The molecule has 0 radical (unpaired) electrons. The molecule has 0 aliphatic heterocycles. The zero-order valence-electron chi connectivity index (χ0n) is 13.2. The van der Waals surface area contributed by atoms with Crippen LogP contribution in [0.2, 0.25) is 5.02 Å². The van der Waals surface area contributed by atoms with Crippen molar-refractivity contribution in [2.45, 2.75) is 32.3 Å². The van der Waals surface area contributed by atoms with Gasteiger partial charge in [0.05, 0.1) is 6.10 Å². The predicted octanol–water partition coefficient (Wildman–Crippen LogP) is 5.00. The molecule has 0 saturated carbocycles. The average molecular weight is 329 g/mol. The molecule has 1 unspecified atom stereocenters. The fraction of sp³-hybridized carbons (Fsp3) is 0.250. The van der Waals surface area contributed by atoms with Crippen LogP contribution in [0, 0.1) is 0 Å². The molecular formula is C20H21ClO2. The number of ketones is 1. The van der Waals surface area contributed by atoms with Crippen molar-refractivity contribution in [1.29, 1.82) is 0 Å². The number of aliphatic hydroxyl groups is 1. The average Bonchev–Trinajstić information content (AvgIpc) is 2.59. The SMILES string of the molecule is CCC(O)CCC(=O)/C(=C/c1ccc(Cl)cc1)c1ccccc1. The highest BCUT2D eigenvalue weighted by molar-refractivity contribution is 6.30. The van der Waals surface area contributed by atoms with E-state index < -0.39 is 6.10 Å². The third-order valence-corrected chi connectivity index (χ3v) is 3.99. The fourth-order valence-electron chi connectivity index (χ4n) is 2.30. The number of rotatable bonds is 7. The predicted molar refractivity (Wildman–Crippen MR) is 96.3 cm³/mol. The normalized spacial score (nSPS) is 12.9. The van der Waals surface area contributed by atoms with Crippen LogP contribution in [0.1, 0.15) is 37.3 Å². The molecule has 0 saturated heterocycles. The summed E-state index contributed by atoms with van der Waals surface area (Å²) in [5.74, 6) is 0.0404. The number of allylic oxidation sites excluding steroid dienone is 1. The molecule has 0 aromatic heterocycles.